The van der Waals surface area contributed by atoms with Crippen molar-refractivity contribution in [3.05, 3.63) is 83.4 Å². The molecule has 0 radical (unpaired) electrons. The van der Waals surface area contributed by atoms with E-state index in [1.165, 1.54) is 25.2 Å². The van der Waals surface area contributed by atoms with Crippen LogP contribution in [0.4, 0.5) is 15.3 Å². The minimum absolute atomic E-state index is 0.00419. The van der Waals surface area contributed by atoms with Gasteiger partial charge in [-0.2, -0.15) is 0 Å². The number of allylic oxidation sites excluding steroid dienone is 3. The number of likely N-dealkylation sites (N-methyl/N-ethyl adjacent to an activating group) is 1. The predicted molar refractivity (Wildman–Crippen MR) is 284 cm³/mol. The summed E-state index contributed by atoms with van der Waals surface area (Å²) in [5.74, 6) is -4.58. The minimum atomic E-state index is -2.03. The number of carboxylic acid groups (broad SMARTS) is 2. The number of hydrogen-bond acceptors (Lipinski definition) is 19. The Hall–Kier alpha value is -7.49. The van der Waals surface area contributed by atoms with E-state index >= 15 is 0 Å². The highest BCUT2D eigenvalue weighted by atomic mass is 16.7. The van der Waals surface area contributed by atoms with Crippen LogP contribution in [0, 0.1) is 16.2 Å². The average molecular weight is 1130 g/mol. The van der Waals surface area contributed by atoms with Crippen molar-refractivity contribution in [3.63, 3.8) is 0 Å². The predicted octanol–water partition coefficient (Wildman–Crippen LogP) is 1.90. The van der Waals surface area contributed by atoms with Crippen LogP contribution in [0.2, 0.25) is 0 Å². The zero-order valence-electron chi connectivity index (χ0n) is 45.6. The molecule has 26 nitrogen and oxygen atoms in total. The van der Waals surface area contributed by atoms with Gasteiger partial charge in [0.15, 0.2) is 11.8 Å². The summed E-state index contributed by atoms with van der Waals surface area (Å²) < 4.78 is 33.9. The first-order chi connectivity index (χ1) is 38.4. The van der Waals surface area contributed by atoms with Gasteiger partial charge in [-0.05, 0) is 85.5 Å². The summed E-state index contributed by atoms with van der Waals surface area (Å²) in [6.45, 7) is 11.1. The second kappa shape index (κ2) is 26.0. The molecule has 8 rings (SSSR count). The number of benzene rings is 1. The highest BCUT2D eigenvalue weighted by Crippen LogP contribution is 2.71. The summed E-state index contributed by atoms with van der Waals surface area (Å²) in [5.41, 5.74) is 1.62. The first-order valence-corrected chi connectivity index (χ1v) is 26.5. The second-order valence-electron chi connectivity index (χ2n) is 22.0. The standard InChI is InChI=1S/C55H71N7O19/c1-6-34(35-9-8-33(22-39(64)56-5)60-42(35)47(70)71)31(2)59-30-54-25-52(3)24-53(4,26-54)28-55(27-52,29-54)79-18-15-58-50(74)78-23-32-7-10-36(61-51(75)81-49-45(69)43(67)44(68)46(80-49)48(72)73)37(21-32)77-20-19-76-17-14-57-38(63)13-16-62-40(65)11-12-41(62)66/h6-12,21,43-46,49,59,67-69H,1,13-20,22-30H2,2-5H3,(H,56,64)(H,57,63)(H,58,74)(H,61,75)(H,70,71)(H,72,73)/b34-31+/t43-,44-,45+,46-,49-,52?,53?,54?,55?/m0/s1. The normalized spacial score (nSPS) is 27.4. The first-order valence-electron chi connectivity index (χ1n) is 26.5. The van der Waals surface area contributed by atoms with E-state index in [0.29, 0.717) is 28.9 Å². The van der Waals surface area contributed by atoms with Gasteiger partial charge in [0.1, 0.15) is 37.3 Å². The summed E-state index contributed by atoms with van der Waals surface area (Å²) in [6.07, 6.45) is -2.96. The van der Waals surface area contributed by atoms with Crippen LogP contribution in [0.15, 0.2) is 60.8 Å². The maximum atomic E-state index is 13.1. The number of aliphatic carboxylic acids is 1. The van der Waals surface area contributed by atoms with Crippen molar-refractivity contribution >= 4 is 59.0 Å². The van der Waals surface area contributed by atoms with Crippen LogP contribution in [-0.4, -0.2) is 179 Å². The lowest BCUT2D eigenvalue weighted by atomic mass is 9.39. The maximum absolute atomic E-state index is 13.1. The van der Waals surface area contributed by atoms with E-state index in [4.69, 9.17) is 28.4 Å². The smallest absolute Gasteiger partial charge is 0.414 e. The molecule has 5 fully saturated rings. The molecule has 6 aliphatic rings. The maximum Gasteiger partial charge on any atom is 0.414 e. The Morgan fingerprint density at radius 3 is 2.20 bits per heavy atom. The van der Waals surface area contributed by atoms with Crippen LogP contribution in [0.25, 0.3) is 5.57 Å². The fraction of sp³-hybridized carbons (Fsp3) is 0.545. The molecule has 2 unspecified atom stereocenters. The van der Waals surface area contributed by atoms with E-state index in [-0.39, 0.29) is 105 Å². The molecule has 2 aliphatic heterocycles. The minimum Gasteiger partial charge on any atom is -0.489 e. The van der Waals surface area contributed by atoms with Crippen molar-refractivity contribution in [1.82, 2.24) is 31.2 Å². The number of aromatic carboxylic acids is 1. The summed E-state index contributed by atoms with van der Waals surface area (Å²) in [4.78, 5) is 103. The number of aliphatic hydroxyl groups excluding tert-OH is 3. The lowest BCUT2D eigenvalue weighted by Crippen LogP contribution is -2.65. The van der Waals surface area contributed by atoms with E-state index in [2.05, 4.69) is 52.0 Å². The summed E-state index contributed by atoms with van der Waals surface area (Å²) in [5, 5.41) is 64.0. The zero-order chi connectivity index (χ0) is 58.9. The van der Waals surface area contributed by atoms with Gasteiger partial charge in [0, 0.05) is 68.6 Å². The van der Waals surface area contributed by atoms with Gasteiger partial charge in [-0.25, -0.2) is 24.2 Å². The number of pyridine rings is 1. The number of rotatable bonds is 27. The molecule has 7 atom stereocenters. The third-order valence-electron chi connectivity index (χ3n) is 15.0. The lowest BCUT2D eigenvalue weighted by Gasteiger charge is -2.69. The molecule has 4 aliphatic carbocycles. The lowest BCUT2D eigenvalue weighted by molar-refractivity contribution is -0.277. The van der Waals surface area contributed by atoms with E-state index in [1.54, 1.807) is 18.2 Å². The number of anilines is 1. The van der Waals surface area contributed by atoms with Crippen molar-refractivity contribution in [2.24, 2.45) is 16.2 Å². The van der Waals surface area contributed by atoms with Crippen LogP contribution >= 0.6 is 0 Å². The Kier molecular flexibility index (Phi) is 19.6. The van der Waals surface area contributed by atoms with E-state index in [1.807, 2.05) is 6.92 Å². The van der Waals surface area contributed by atoms with Gasteiger partial charge < -0.3 is 75.2 Å². The monoisotopic (exact) mass is 1130 g/mol. The van der Waals surface area contributed by atoms with Gasteiger partial charge in [0.25, 0.3) is 11.8 Å². The van der Waals surface area contributed by atoms with Gasteiger partial charge in [-0.3, -0.25) is 29.4 Å². The fourth-order valence-electron chi connectivity index (χ4n) is 12.7. The number of aliphatic hydroxyl groups is 3. The molecule has 3 heterocycles. The number of nitrogens with one attached hydrogen (secondary N) is 5. The molecule has 4 saturated carbocycles. The molecule has 26 heteroatoms. The summed E-state index contributed by atoms with van der Waals surface area (Å²) in [6, 6.07) is 7.64. The van der Waals surface area contributed by atoms with Crippen molar-refractivity contribution in [2.75, 3.05) is 65.0 Å². The van der Waals surface area contributed by atoms with Gasteiger partial charge in [0.2, 0.25) is 18.1 Å². The molecule has 1 aromatic carbocycles. The number of carbonyl (C=O) groups excluding carboxylic acids is 6. The van der Waals surface area contributed by atoms with Crippen molar-refractivity contribution in [2.45, 2.75) is 115 Å². The fourth-order valence-corrected chi connectivity index (χ4v) is 12.7. The second-order valence-corrected chi connectivity index (χ2v) is 22.0. The SMILES string of the molecule is C=C/C(=C(/C)NCC12CC3(C)CC(C)(C1)CC(OCCNC(=O)OCc1ccc(NC(=O)O[C@@H]4O[C@H](C(=O)O)[C@@H](O)[C@H](O)[C@H]4O)c(OCCOCCNC(=O)CCN4C(=O)C=CC4=O)c1)(C3)C2)c1ccc(CC(=O)NC)nc1C(=O)O. The number of ether oxygens (including phenoxy) is 6. The molecule has 10 N–H and O–H groups in total. The van der Waals surface area contributed by atoms with Gasteiger partial charge in [-0.1, -0.05) is 38.6 Å². The van der Waals surface area contributed by atoms with Crippen LogP contribution in [0.1, 0.15) is 93.0 Å². The quantitative estimate of drug-likeness (QED) is 0.0347. The summed E-state index contributed by atoms with van der Waals surface area (Å²) in [7, 11) is 1.50. The number of carbonyl (C=O) groups is 8. The van der Waals surface area contributed by atoms with Gasteiger partial charge in [-0.15, -0.1) is 0 Å². The Morgan fingerprint density at radius 1 is 0.827 bits per heavy atom. The third-order valence-corrected chi connectivity index (χ3v) is 15.0. The number of carboxylic acids is 2. The highest BCUT2D eigenvalue weighted by Gasteiger charge is 2.66. The molecule has 0 spiro atoms. The molecule has 1 saturated heterocycles. The van der Waals surface area contributed by atoms with Crippen molar-refractivity contribution < 1.29 is 92.3 Å². The topological polar surface area (TPSA) is 369 Å². The van der Waals surface area contributed by atoms with Crippen molar-refractivity contribution in [1.29, 1.82) is 0 Å². The van der Waals surface area contributed by atoms with Gasteiger partial charge >= 0.3 is 24.1 Å². The molecule has 4 bridgehead atoms. The van der Waals surface area contributed by atoms with Crippen LogP contribution in [-0.2, 0) is 60.7 Å². The molecular formula is C55H71N7O19. The van der Waals surface area contributed by atoms with E-state index in [9.17, 15) is 63.9 Å². The van der Waals surface area contributed by atoms with Crippen molar-refractivity contribution in [3.8, 4) is 5.75 Å². The largest absolute Gasteiger partial charge is 0.489 e. The van der Waals surface area contributed by atoms with Crippen LogP contribution < -0.4 is 31.3 Å². The number of imide groups is 1. The molecule has 81 heavy (non-hydrogen) atoms. The molecule has 6 amide bonds. The average Bonchev–Trinajstić information content (AvgIpc) is 1.39. The van der Waals surface area contributed by atoms with Gasteiger partial charge in [0.05, 0.1) is 43.2 Å². The van der Waals surface area contributed by atoms with E-state index in [0.717, 1.165) is 61.3 Å². The molecular weight excluding hydrogens is 1060 g/mol. The molecule has 1 aromatic heterocycles. The Morgan fingerprint density at radius 2 is 1.53 bits per heavy atom. The Balaban J connectivity index is 0.924. The van der Waals surface area contributed by atoms with Crippen LogP contribution in [0.5, 0.6) is 5.75 Å². The number of aromatic nitrogens is 1. The Bertz CT molecular complexity index is 2780. The van der Waals surface area contributed by atoms with E-state index < -0.39 is 78.2 Å². The Labute approximate surface area is 466 Å². The number of amides is 6. The first kappa shape index (κ1) is 61.1. The number of hydrogen-bond donors (Lipinski definition) is 10. The number of nitrogens with zero attached hydrogens (tertiary/aromatic N) is 2. The third kappa shape index (κ3) is 15.3. The summed E-state index contributed by atoms with van der Waals surface area (Å²) >= 11 is 0. The van der Waals surface area contributed by atoms with Crippen LogP contribution in [0.3, 0.4) is 0 Å². The number of alkyl carbamates (subject to hydrolysis) is 1. The highest BCUT2D eigenvalue weighted by molar-refractivity contribution is 6.13. The molecule has 440 valence electrons. The molecule has 2 aromatic rings. The zero-order valence-corrected chi connectivity index (χ0v) is 45.6.